The molecule has 4 heteroatoms. The number of hydrogen-bond donors (Lipinski definition) is 1. The van der Waals surface area contributed by atoms with Crippen molar-refractivity contribution in [3.63, 3.8) is 0 Å². The minimum absolute atomic E-state index is 0.306. The van der Waals surface area contributed by atoms with Crippen molar-refractivity contribution in [3.8, 4) is 0 Å². The van der Waals surface area contributed by atoms with Gasteiger partial charge in [0.15, 0.2) is 0 Å². The van der Waals surface area contributed by atoms with E-state index in [-0.39, 0.29) is 0 Å². The summed E-state index contributed by atoms with van der Waals surface area (Å²) in [6.45, 7) is 1.65. The first-order valence-electron chi connectivity index (χ1n) is 4.14. The van der Waals surface area contributed by atoms with Gasteiger partial charge in [0.25, 0.3) is 0 Å². The molecule has 1 atom stereocenters. The summed E-state index contributed by atoms with van der Waals surface area (Å²) in [4.78, 5) is 10.4. The maximum absolute atomic E-state index is 10.4. The molecule has 68 valence electrons. The largest absolute Gasteiger partial charge is 0.481 e. The van der Waals surface area contributed by atoms with Crippen molar-refractivity contribution in [3.05, 3.63) is 0 Å². The highest BCUT2D eigenvalue weighted by Crippen LogP contribution is 2.47. The molecule has 1 unspecified atom stereocenters. The number of carboxylic acids is 1. The zero-order valence-electron chi connectivity index (χ0n) is 6.78. The smallest absolute Gasteiger partial charge is 0.303 e. The predicted octanol–water partition coefficient (Wildman–Crippen LogP) is 0.983. The van der Waals surface area contributed by atoms with Gasteiger partial charge < -0.3 is 9.84 Å². The average molecular weight is 188 g/mol. The van der Waals surface area contributed by atoms with E-state index in [1.54, 1.807) is 0 Å². The third kappa shape index (κ3) is 1.45. The molecule has 12 heavy (non-hydrogen) atoms. The molecule has 2 aliphatic rings. The summed E-state index contributed by atoms with van der Waals surface area (Å²) in [7, 11) is 0. The van der Waals surface area contributed by atoms with Crippen LogP contribution in [0, 0.1) is 5.92 Å². The second-order valence-electron chi connectivity index (χ2n) is 3.65. The molecule has 0 amide bonds. The maximum atomic E-state index is 10.4. The predicted molar refractivity (Wildman–Crippen MR) is 46.4 cm³/mol. The van der Waals surface area contributed by atoms with Gasteiger partial charge in [-0.05, 0) is 18.1 Å². The Morgan fingerprint density at radius 1 is 1.67 bits per heavy atom. The average Bonchev–Trinajstić information content (AvgIpc) is 2.29. The van der Waals surface area contributed by atoms with Gasteiger partial charge >= 0.3 is 5.97 Å². The zero-order valence-corrected chi connectivity index (χ0v) is 7.60. The summed E-state index contributed by atoms with van der Waals surface area (Å²) in [6, 6.07) is 0. The highest BCUT2D eigenvalue weighted by molar-refractivity contribution is 8.01. The summed E-state index contributed by atoms with van der Waals surface area (Å²) in [5, 5.41) is 8.59. The minimum Gasteiger partial charge on any atom is -0.481 e. The van der Waals surface area contributed by atoms with Crippen LogP contribution in [-0.2, 0) is 9.53 Å². The van der Waals surface area contributed by atoms with Crippen LogP contribution < -0.4 is 0 Å². The number of rotatable bonds is 2. The van der Waals surface area contributed by atoms with Gasteiger partial charge in [-0.1, -0.05) is 0 Å². The van der Waals surface area contributed by atoms with Crippen LogP contribution in [0.15, 0.2) is 0 Å². The fraction of sp³-hybridized carbons (Fsp3) is 0.875. The highest BCUT2D eigenvalue weighted by Gasteiger charge is 2.46. The van der Waals surface area contributed by atoms with E-state index < -0.39 is 5.97 Å². The normalized spacial score (nSPS) is 31.8. The lowest BCUT2D eigenvalue weighted by Crippen LogP contribution is -2.44. The van der Waals surface area contributed by atoms with Crippen molar-refractivity contribution in [1.29, 1.82) is 0 Å². The number of thioether (sulfide) groups is 1. The van der Waals surface area contributed by atoms with Gasteiger partial charge in [0, 0.05) is 6.42 Å². The fourth-order valence-corrected chi connectivity index (χ4v) is 3.36. The molecule has 1 spiro atoms. The topological polar surface area (TPSA) is 46.5 Å². The Labute approximate surface area is 75.5 Å². The first-order chi connectivity index (χ1) is 5.70. The third-order valence-electron chi connectivity index (χ3n) is 2.48. The van der Waals surface area contributed by atoms with Crippen molar-refractivity contribution >= 4 is 17.7 Å². The molecule has 0 radical (unpaired) electrons. The van der Waals surface area contributed by atoms with E-state index in [1.165, 1.54) is 0 Å². The summed E-state index contributed by atoms with van der Waals surface area (Å²) in [6.07, 6.45) is 1.36. The molecule has 0 aromatic rings. The van der Waals surface area contributed by atoms with Gasteiger partial charge in [0.2, 0.25) is 0 Å². The van der Waals surface area contributed by atoms with Crippen LogP contribution in [0.4, 0.5) is 0 Å². The number of aliphatic carboxylic acids is 1. The van der Waals surface area contributed by atoms with Crippen molar-refractivity contribution in [1.82, 2.24) is 0 Å². The molecule has 2 heterocycles. The van der Waals surface area contributed by atoms with Gasteiger partial charge in [0.05, 0.1) is 18.0 Å². The Morgan fingerprint density at radius 3 is 2.83 bits per heavy atom. The van der Waals surface area contributed by atoms with Crippen molar-refractivity contribution < 1.29 is 14.6 Å². The zero-order chi connectivity index (χ0) is 8.60. The molecule has 0 bridgehead atoms. The van der Waals surface area contributed by atoms with E-state index in [2.05, 4.69) is 0 Å². The molecule has 2 aliphatic heterocycles. The van der Waals surface area contributed by atoms with E-state index in [4.69, 9.17) is 9.84 Å². The van der Waals surface area contributed by atoms with Crippen LogP contribution in [0.2, 0.25) is 0 Å². The second kappa shape index (κ2) is 2.92. The Balaban J connectivity index is 1.85. The summed E-state index contributed by atoms with van der Waals surface area (Å²) in [5.41, 5.74) is 0. The Hall–Kier alpha value is -0.220. The van der Waals surface area contributed by atoms with Gasteiger partial charge in [-0.2, -0.15) is 11.8 Å². The van der Waals surface area contributed by atoms with Crippen LogP contribution in [-0.4, -0.2) is 34.8 Å². The van der Waals surface area contributed by atoms with Crippen molar-refractivity contribution in [2.75, 3.05) is 19.0 Å². The lowest BCUT2D eigenvalue weighted by molar-refractivity contribution is -0.138. The standard InChI is InChI=1S/C8H12O3S/c9-7(10)1-6-2-8(12-3-6)4-11-5-8/h6H,1-5H2,(H,9,10). The third-order valence-corrected chi connectivity index (χ3v) is 4.13. The summed E-state index contributed by atoms with van der Waals surface area (Å²) < 4.78 is 5.45. The number of ether oxygens (including phenoxy) is 1. The van der Waals surface area contributed by atoms with Crippen LogP contribution in [0.3, 0.4) is 0 Å². The fourth-order valence-electron chi connectivity index (χ4n) is 1.85. The van der Waals surface area contributed by atoms with Crippen LogP contribution in [0.5, 0.6) is 0 Å². The van der Waals surface area contributed by atoms with E-state index in [9.17, 15) is 4.79 Å². The van der Waals surface area contributed by atoms with E-state index in [1.807, 2.05) is 11.8 Å². The van der Waals surface area contributed by atoms with Crippen molar-refractivity contribution in [2.45, 2.75) is 17.6 Å². The van der Waals surface area contributed by atoms with Gasteiger partial charge in [-0.25, -0.2) is 0 Å². The van der Waals surface area contributed by atoms with E-state index in [0.717, 1.165) is 25.4 Å². The minimum atomic E-state index is -0.669. The number of carboxylic acid groups (broad SMARTS) is 1. The monoisotopic (exact) mass is 188 g/mol. The van der Waals surface area contributed by atoms with Gasteiger partial charge in [-0.15, -0.1) is 0 Å². The quantitative estimate of drug-likeness (QED) is 0.701. The second-order valence-corrected chi connectivity index (χ2v) is 5.14. The molecule has 0 aromatic carbocycles. The molecular weight excluding hydrogens is 176 g/mol. The lowest BCUT2D eigenvalue weighted by atomic mass is 9.92. The Morgan fingerprint density at radius 2 is 2.42 bits per heavy atom. The van der Waals surface area contributed by atoms with Crippen LogP contribution >= 0.6 is 11.8 Å². The first kappa shape index (κ1) is 8.38. The summed E-state index contributed by atoms with van der Waals surface area (Å²) in [5.74, 6) is 0.699. The summed E-state index contributed by atoms with van der Waals surface area (Å²) >= 11 is 1.89. The molecule has 1 N–H and O–H groups in total. The molecular formula is C8H12O3S. The highest BCUT2D eigenvalue weighted by atomic mass is 32.2. The molecule has 0 aromatic heterocycles. The van der Waals surface area contributed by atoms with Crippen LogP contribution in [0.1, 0.15) is 12.8 Å². The first-order valence-corrected chi connectivity index (χ1v) is 5.12. The number of hydrogen-bond acceptors (Lipinski definition) is 3. The molecule has 2 saturated heterocycles. The van der Waals surface area contributed by atoms with Gasteiger partial charge in [0.1, 0.15) is 0 Å². The van der Waals surface area contributed by atoms with Crippen molar-refractivity contribution in [2.24, 2.45) is 5.92 Å². The molecule has 0 aliphatic carbocycles. The number of carbonyl (C=O) groups is 1. The molecule has 3 nitrogen and oxygen atoms in total. The molecule has 0 saturated carbocycles. The van der Waals surface area contributed by atoms with Crippen LogP contribution in [0.25, 0.3) is 0 Å². The lowest BCUT2D eigenvalue weighted by Gasteiger charge is -2.37. The maximum Gasteiger partial charge on any atom is 0.303 e. The SMILES string of the molecule is O=C(O)CC1CSC2(COC2)C1. The Bertz CT molecular complexity index is 200. The van der Waals surface area contributed by atoms with Gasteiger partial charge in [-0.3, -0.25) is 4.79 Å². The molecule has 2 fully saturated rings. The van der Waals surface area contributed by atoms with E-state index in [0.29, 0.717) is 17.1 Å². The Kier molecular flexibility index (Phi) is 2.04. The van der Waals surface area contributed by atoms with E-state index >= 15 is 0 Å². The molecule has 2 rings (SSSR count).